The number of nitrogens with two attached hydrogens (primary N) is 1. The predicted molar refractivity (Wildman–Crippen MR) is 67.5 cm³/mol. The molecule has 0 aliphatic carbocycles. The Morgan fingerprint density at radius 3 is 2.68 bits per heavy atom. The maximum absolute atomic E-state index is 10.9. The fourth-order valence-corrected chi connectivity index (χ4v) is 2.11. The standard InChI is InChI=1S/C12H13N5O2/c13-10(18)12-15-11(16-19-12)9-4-3-8(7-14-9)17-5-1-2-6-17/h3-4,7H,1-2,5-6H2,(H2,13,18). The van der Waals surface area contributed by atoms with Crippen LogP contribution < -0.4 is 10.6 Å². The van der Waals surface area contributed by atoms with Crippen LogP contribution in [0, 0.1) is 0 Å². The van der Waals surface area contributed by atoms with E-state index in [4.69, 9.17) is 10.3 Å². The number of aromatic nitrogens is 3. The fraction of sp³-hybridized carbons (Fsp3) is 0.333. The van der Waals surface area contributed by atoms with Gasteiger partial charge in [0.1, 0.15) is 5.69 Å². The van der Waals surface area contributed by atoms with Gasteiger partial charge in [0.05, 0.1) is 11.9 Å². The maximum atomic E-state index is 10.9. The van der Waals surface area contributed by atoms with Crippen LogP contribution in [-0.2, 0) is 0 Å². The second kappa shape index (κ2) is 4.68. The van der Waals surface area contributed by atoms with E-state index in [-0.39, 0.29) is 11.7 Å². The van der Waals surface area contributed by atoms with Crippen molar-refractivity contribution in [3.05, 3.63) is 24.2 Å². The predicted octanol–water partition coefficient (Wildman–Crippen LogP) is 0.831. The molecule has 7 nitrogen and oxygen atoms in total. The highest BCUT2D eigenvalue weighted by Gasteiger charge is 2.15. The van der Waals surface area contributed by atoms with Gasteiger partial charge >= 0.3 is 11.8 Å². The Bertz CT molecular complexity index is 586. The average molecular weight is 259 g/mol. The van der Waals surface area contributed by atoms with Crippen molar-refractivity contribution in [3.63, 3.8) is 0 Å². The van der Waals surface area contributed by atoms with Crippen LogP contribution in [0.5, 0.6) is 0 Å². The summed E-state index contributed by atoms with van der Waals surface area (Å²) in [5.74, 6) is -0.686. The van der Waals surface area contributed by atoms with Crippen LogP contribution >= 0.6 is 0 Å². The summed E-state index contributed by atoms with van der Waals surface area (Å²) in [5.41, 5.74) is 6.69. The van der Waals surface area contributed by atoms with E-state index >= 15 is 0 Å². The van der Waals surface area contributed by atoms with Crippen molar-refractivity contribution in [3.8, 4) is 11.5 Å². The fourth-order valence-electron chi connectivity index (χ4n) is 2.11. The van der Waals surface area contributed by atoms with Gasteiger partial charge in [0.25, 0.3) is 0 Å². The van der Waals surface area contributed by atoms with Gasteiger partial charge in [-0.05, 0) is 25.0 Å². The smallest absolute Gasteiger partial charge is 0.316 e. The van der Waals surface area contributed by atoms with E-state index in [9.17, 15) is 4.79 Å². The summed E-state index contributed by atoms with van der Waals surface area (Å²) >= 11 is 0. The van der Waals surface area contributed by atoms with Gasteiger partial charge in [0.2, 0.25) is 5.82 Å². The summed E-state index contributed by atoms with van der Waals surface area (Å²) in [4.78, 5) is 21.3. The quantitative estimate of drug-likeness (QED) is 0.876. The minimum absolute atomic E-state index is 0.208. The first kappa shape index (κ1) is 11.6. The normalized spacial score (nSPS) is 14.8. The number of carbonyl (C=O) groups excluding carboxylic acids is 1. The van der Waals surface area contributed by atoms with E-state index in [0.29, 0.717) is 5.69 Å². The highest BCUT2D eigenvalue weighted by Crippen LogP contribution is 2.21. The van der Waals surface area contributed by atoms with Gasteiger partial charge in [-0.3, -0.25) is 9.78 Å². The molecule has 1 amide bonds. The lowest BCUT2D eigenvalue weighted by molar-refractivity contribution is 0.0958. The zero-order valence-electron chi connectivity index (χ0n) is 10.2. The lowest BCUT2D eigenvalue weighted by Gasteiger charge is -2.16. The van der Waals surface area contributed by atoms with Crippen molar-refractivity contribution in [2.75, 3.05) is 18.0 Å². The van der Waals surface area contributed by atoms with Crippen LogP contribution in [0.2, 0.25) is 0 Å². The van der Waals surface area contributed by atoms with E-state index < -0.39 is 5.91 Å². The summed E-state index contributed by atoms with van der Waals surface area (Å²) in [6.07, 6.45) is 4.21. The SMILES string of the molecule is NC(=O)c1nc(-c2ccc(N3CCCC3)cn2)no1. The third-order valence-corrected chi connectivity index (χ3v) is 3.08. The summed E-state index contributed by atoms with van der Waals surface area (Å²) in [6, 6.07) is 3.78. The molecule has 1 aliphatic rings. The van der Waals surface area contributed by atoms with Crippen molar-refractivity contribution >= 4 is 11.6 Å². The monoisotopic (exact) mass is 259 g/mol. The number of primary amides is 1. The maximum Gasteiger partial charge on any atom is 0.316 e. The Morgan fingerprint density at radius 2 is 2.11 bits per heavy atom. The molecule has 0 aromatic carbocycles. The number of hydrogen-bond donors (Lipinski definition) is 1. The number of nitrogens with zero attached hydrogens (tertiary/aromatic N) is 4. The first-order chi connectivity index (χ1) is 9.24. The van der Waals surface area contributed by atoms with Gasteiger partial charge in [0, 0.05) is 13.1 Å². The highest BCUT2D eigenvalue weighted by molar-refractivity contribution is 5.88. The molecule has 1 aliphatic heterocycles. The van der Waals surface area contributed by atoms with Crippen molar-refractivity contribution in [2.45, 2.75) is 12.8 Å². The molecule has 0 unspecified atom stereocenters. The van der Waals surface area contributed by atoms with Gasteiger partial charge < -0.3 is 15.2 Å². The topological polar surface area (TPSA) is 98.1 Å². The zero-order valence-corrected chi connectivity index (χ0v) is 10.2. The third-order valence-electron chi connectivity index (χ3n) is 3.08. The van der Waals surface area contributed by atoms with Crippen LogP contribution in [-0.4, -0.2) is 34.1 Å². The van der Waals surface area contributed by atoms with Crippen LogP contribution in [0.1, 0.15) is 23.5 Å². The van der Waals surface area contributed by atoms with Crippen molar-refractivity contribution in [1.29, 1.82) is 0 Å². The summed E-state index contributed by atoms with van der Waals surface area (Å²) < 4.78 is 4.72. The van der Waals surface area contributed by atoms with E-state index in [1.165, 1.54) is 12.8 Å². The van der Waals surface area contributed by atoms with Gasteiger partial charge in [-0.15, -0.1) is 0 Å². The number of carbonyl (C=O) groups is 1. The number of anilines is 1. The Labute approximate surface area is 109 Å². The van der Waals surface area contributed by atoms with Crippen LogP contribution in [0.3, 0.4) is 0 Å². The van der Waals surface area contributed by atoms with Gasteiger partial charge in [-0.2, -0.15) is 4.98 Å². The molecule has 1 fully saturated rings. The zero-order chi connectivity index (χ0) is 13.2. The molecule has 2 aromatic heterocycles. The molecule has 1 saturated heterocycles. The molecule has 0 bridgehead atoms. The number of hydrogen-bond acceptors (Lipinski definition) is 6. The average Bonchev–Trinajstić information content (AvgIpc) is 3.11. The van der Waals surface area contributed by atoms with Crippen molar-refractivity contribution in [1.82, 2.24) is 15.1 Å². The molecule has 2 aromatic rings. The van der Waals surface area contributed by atoms with Gasteiger partial charge in [0.15, 0.2) is 0 Å². The molecule has 0 saturated carbocycles. The van der Waals surface area contributed by atoms with E-state index in [1.807, 2.05) is 12.1 Å². The van der Waals surface area contributed by atoms with Crippen molar-refractivity contribution < 1.29 is 9.32 Å². The number of amides is 1. The Balaban J connectivity index is 1.82. The van der Waals surface area contributed by atoms with E-state index in [1.54, 1.807) is 6.20 Å². The summed E-state index contributed by atoms with van der Waals surface area (Å²) in [5, 5.41) is 3.67. The lowest BCUT2D eigenvalue weighted by Crippen LogP contribution is -2.17. The Morgan fingerprint density at radius 1 is 1.32 bits per heavy atom. The van der Waals surface area contributed by atoms with Crippen molar-refractivity contribution in [2.24, 2.45) is 5.73 Å². The lowest BCUT2D eigenvalue weighted by atomic mass is 10.3. The minimum atomic E-state index is -0.743. The number of rotatable bonds is 3. The Kier molecular flexibility index (Phi) is 2.86. The molecule has 19 heavy (non-hydrogen) atoms. The van der Waals surface area contributed by atoms with Crippen LogP contribution in [0.15, 0.2) is 22.9 Å². The van der Waals surface area contributed by atoms with Gasteiger partial charge in [-0.1, -0.05) is 5.16 Å². The molecule has 0 radical (unpaired) electrons. The molecular weight excluding hydrogens is 246 g/mol. The third kappa shape index (κ3) is 2.26. The largest absolute Gasteiger partial charge is 0.370 e. The molecule has 2 N–H and O–H groups in total. The van der Waals surface area contributed by atoms with Crippen LogP contribution in [0.25, 0.3) is 11.5 Å². The van der Waals surface area contributed by atoms with Gasteiger partial charge in [-0.25, -0.2) is 0 Å². The molecule has 0 spiro atoms. The second-order valence-electron chi connectivity index (χ2n) is 4.38. The van der Waals surface area contributed by atoms with Crippen LogP contribution in [0.4, 0.5) is 5.69 Å². The molecule has 3 heterocycles. The van der Waals surface area contributed by atoms with E-state index in [2.05, 4.69) is 20.0 Å². The van der Waals surface area contributed by atoms with E-state index in [0.717, 1.165) is 18.8 Å². The highest BCUT2D eigenvalue weighted by atomic mass is 16.5. The molecular formula is C12H13N5O2. The Hall–Kier alpha value is -2.44. The first-order valence-corrected chi connectivity index (χ1v) is 6.09. The molecule has 3 rings (SSSR count). The second-order valence-corrected chi connectivity index (χ2v) is 4.38. The summed E-state index contributed by atoms with van der Waals surface area (Å²) in [7, 11) is 0. The number of pyridine rings is 1. The molecule has 0 atom stereocenters. The molecule has 7 heteroatoms. The molecule has 98 valence electrons. The first-order valence-electron chi connectivity index (χ1n) is 6.09. The minimum Gasteiger partial charge on any atom is -0.370 e. The summed E-state index contributed by atoms with van der Waals surface area (Å²) in [6.45, 7) is 2.13.